The fraction of sp³-hybridized carbons (Fsp3) is 0.533. The van der Waals surface area contributed by atoms with Gasteiger partial charge in [-0.1, -0.05) is 18.6 Å². The molecule has 0 saturated carbocycles. The first-order valence-corrected chi connectivity index (χ1v) is 7.33. The van der Waals surface area contributed by atoms with Gasteiger partial charge in [-0.25, -0.2) is 0 Å². The average molecular weight is 281 g/mol. The Balaban J connectivity index is 1.97. The van der Waals surface area contributed by atoms with Gasteiger partial charge in [0, 0.05) is 19.2 Å². The van der Waals surface area contributed by atoms with Gasteiger partial charge in [-0.05, 0) is 43.6 Å². The first-order chi connectivity index (χ1) is 9.15. The van der Waals surface area contributed by atoms with Crippen LogP contribution < -0.4 is 5.32 Å². The van der Waals surface area contributed by atoms with Crippen LogP contribution in [0.25, 0.3) is 0 Å². The number of piperidine rings is 1. The number of nitrogens with zero attached hydrogens (tertiary/aromatic N) is 1. The van der Waals surface area contributed by atoms with Crippen LogP contribution in [0.2, 0.25) is 0 Å². The van der Waals surface area contributed by atoms with Gasteiger partial charge in [0.2, 0.25) is 5.91 Å². The van der Waals surface area contributed by atoms with Crippen molar-refractivity contribution in [2.75, 3.05) is 25.0 Å². The number of nitrogens with one attached hydrogen (secondary N) is 1. The maximum absolute atomic E-state index is 11.1. The Bertz CT molecular complexity index is 430. The number of likely N-dealkylation sites (tertiary alicyclic amines) is 1. The molecule has 1 atom stereocenters. The molecule has 1 aliphatic heterocycles. The molecule has 3 nitrogen and oxygen atoms in total. The van der Waals surface area contributed by atoms with Gasteiger partial charge in [0.1, 0.15) is 0 Å². The van der Waals surface area contributed by atoms with E-state index in [1.165, 1.54) is 26.2 Å². The fourth-order valence-corrected chi connectivity index (χ4v) is 2.82. The van der Waals surface area contributed by atoms with E-state index in [4.69, 9.17) is 11.6 Å². The number of amides is 1. The average Bonchev–Trinajstić information content (AvgIpc) is 2.39. The third-order valence-electron chi connectivity index (χ3n) is 3.44. The first kappa shape index (κ1) is 14.4. The van der Waals surface area contributed by atoms with Crippen LogP contribution >= 0.6 is 11.6 Å². The van der Waals surface area contributed by atoms with Crippen LogP contribution in [0.1, 0.15) is 37.1 Å². The molecule has 1 saturated heterocycles. The number of rotatable bonds is 4. The zero-order valence-corrected chi connectivity index (χ0v) is 12.1. The Morgan fingerprint density at radius 2 is 2.11 bits per heavy atom. The summed E-state index contributed by atoms with van der Waals surface area (Å²) in [4.78, 5) is 13.5. The molecule has 1 N–H and O–H groups in total. The molecule has 1 aliphatic rings. The highest BCUT2D eigenvalue weighted by molar-refractivity contribution is 6.21. The molecule has 0 bridgehead atoms. The topological polar surface area (TPSA) is 32.3 Å². The van der Waals surface area contributed by atoms with E-state index >= 15 is 0 Å². The monoisotopic (exact) mass is 280 g/mol. The van der Waals surface area contributed by atoms with Crippen molar-refractivity contribution in [3.05, 3.63) is 29.8 Å². The number of hydrogen-bond donors (Lipinski definition) is 1. The van der Waals surface area contributed by atoms with Gasteiger partial charge in [-0.2, -0.15) is 0 Å². The maximum atomic E-state index is 11.1. The minimum absolute atomic E-state index is 0.0215. The van der Waals surface area contributed by atoms with E-state index in [9.17, 15) is 4.79 Å². The summed E-state index contributed by atoms with van der Waals surface area (Å²) in [6, 6.07) is 7.80. The van der Waals surface area contributed by atoms with Crippen LogP contribution in [-0.4, -0.2) is 30.4 Å². The van der Waals surface area contributed by atoms with E-state index in [1.807, 2.05) is 24.3 Å². The van der Waals surface area contributed by atoms with E-state index in [0.717, 1.165) is 30.9 Å². The number of anilines is 1. The Hall–Kier alpha value is -1.06. The molecular weight excluding hydrogens is 260 g/mol. The zero-order chi connectivity index (χ0) is 13.7. The van der Waals surface area contributed by atoms with Crippen molar-refractivity contribution in [3.8, 4) is 0 Å². The molecule has 0 spiro atoms. The summed E-state index contributed by atoms with van der Waals surface area (Å²) < 4.78 is 0. The second kappa shape index (κ2) is 6.92. The Kier molecular flexibility index (Phi) is 5.23. The Labute approximate surface area is 119 Å². The zero-order valence-electron chi connectivity index (χ0n) is 11.4. The number of alkyl halides is 1. The summed E-state index contributed by atoms with van der Waals surface area (Å²) >= 11 is 6.49. The standard InChI is InChI=1S/C15H21ClN2O/c1-12(19)17-14-7-5-6-13(10-14)15(16)11-18-8-3-2-4-9-18/h5-7,10,15H,2-4,8-9,11H2,1H3,(H,17,19). The van der Waals surface area contributed by atoms with E-state index in [-0.39, 0.29) is 11.3 Å². The summed E-state index contributed by atoms with van der Waals surface area (Å²) in [5.41, 5.74) is 1.88. The molecule has 2 rings (SSSR count). The van der Waals surface area contributed by atoms with E-state index in [1.54, 1.807) is 0 Å². The Morgan fingerprint density at radius 1 is 1.37 bits per heavy atom. The van der Waals surface area contributed by atoms with Gasteiger partial charge in [0.25, 0.3) is 0 Å². The van der Waals surface area contributed by atoms with Gasteiger partial charge in [0.05, 0.1) is 5.38 Å². The van der Waals surface area contributed by atoms with Crippen LogP contribution in [0.5, 0.6) is 0 Å². The Morgan fingerprint density at radius 3 is 2.79 bits per heavy atom. The number of hydrogen-bond acceptors (Lipinski definition) is 2. The normalized spacial score (nSPS) is 18.0. The molecule has 104 valence electrons. The molecule has 1 heterocycles. The molecule has 0 aliphatic carbocycles. The molecule has 1 aromatic carbocycles. The lowest BCUT2D eigenvalue weighted by molar-refractivity contribution is -0.114. The lowest BCUT2D eigenvalue weighted by atomic mass is 10.1. The van der Waals surface area contributed by atoms with E-state index < -0.39 is 0 Å². The summed E-state index contributed by atoms with van der Waals surface area (Å²) in [6.45, 7) is 4.69. The van der Waals surface area contributed by atoms with Crippen LogP contribution in [0.4, 0.5) is 5.69 Å². The minimum Gasteiger partial charge on any atom is -0.326 e. The smallest absolute Gasteiger partial charge is 0.221 e. The fourth-order valence-electron chi connectivity index (χ4n) is 2.49. The van der Waals surface area contributed by atoms with Gasteiger partial charge in [0.15, 0.2) is 0 Å². The van der Waals surface area contributed by atoms with E-state index in [0.29, 0.717) is 0 Å². The van der Waals surface area contributed by atoms with E-state index in [2.05, 4.69) is 10.2 Å². The number of benzene rings is 1. The van der Waals surface area contributed by atoms with Crippen molar-refractivity contribution in [1.82, 2.24) is 4.90 Å². The molecule has 1 fully saturated rings. The molecule has 4 heteroatoms. The predicted octanol–water partition coefficient (Wildman–Crippen LogP) is 3.41. The number of carbonyl (C=O) groups is 1. The van der Waals surface area contributed by atoms with Crippen molar-refractivity contribution in [2.45, 2.75) is 31.6 Å². The maximum Gasteiger partial charge on any atom is 0.221 e. The lowest BCUT2D eigenvalue weighted by Gasteiger charge is -2.28. The number of carbonyl (C=O) groups excluding carboxylic acids is 1. The van der Waals surface area contributed by atoms with Crippen molar-refractivity contribution in [3.63, 3.8) is 0 Å². The molecule has 1 unspecified atom stereocenters. The van der Waals surface area contributed by atoms with Crippen molar-refractivity contribution < 1.29 is 4.79 Å². The van der Waals surface area contributed by atoms with Crippen molar-refractivity contribution in [1.29, 1.82) is 0 Å². The molecule has 1 amide bonds. The highest BCUT2D eigenvalue weighted by Gasteiger charge is 2.16. The minimum atomic E-state index is -0.0562. The van der Waals surface area contributed by atoms with Crippen LogP contribution in [0.15, 0.2) is 24.3 Å². The largest absolute Gasteiger partial charge is 0.326 e. The molecular formula is C15H21ClN2O. The summed E-state index contributed by atoms with van der Waals surface area (Å²) in [5.74, 6) is -0.0562. The molecule has 0 aromatic heterocycles. The third-order valence-corrected chi connectivity index (χ3v) is 3.83. The van der Waals surface area contributed by atoms with Gasteiger partial charge >= 0.3 is 0 Å². The highest BCUT2D eigenvalue weighted by Crippen LogP contribution is 2.25. The number of halogens is 1. The predicted molar refractivity (Wildman–Crippen MR) is 79.6 cm³/mol. The van der Waals surface area contributed by atoms with Crippen molar-refractivity contribution >= 4 is 23.2 Å². The van der Waals surface area contributed by atoms with Crippen LogP contribution in [0.3, 0.4) is 0 Å². The quantitative estimate of drug-likeness (QED) is 0.857. The summed E-state index contributed by atoms with van der Waals surface area (Å²) in [5, 5.41) is 2.77. The van der Waals surface area contributed by atoms with Gasteiger partial charge in [-0.15, -0.1) is 11.6 Å². The molecule has 1 aromatic rings. The lowest BCUT2D eigenvalue weighted by Crippen LogP contribution is -2.32. The summed E-state index contributed by atoms with van der Waals surface area (Å²) in [6.07, 6.45) is 3.88. The molecule has 0 radical (unpaired) electrons. The third kappa shape index (κ3) is 4.51. The SMILES string of the molecule is CC(=O)Nc1cccc(C(Cl)CN2CCCCC2)c1. The second-order valence-corrected chi connectivity index (χ2v) is 5.66. The van der Waals surface area contributed by atoms with Crippen LogP contribution in [-0.2, 0) is 4.79 Å². The summed E-state index contributed by atoms with van der Waals surface area (Å²) in [7, 11) is 0. The second-order valence-electron chi connectivity index (χ2n) is 5.14. The van der Waals surface area contributed by atoms with Gasteiger partial charge in [-0.3, -0.25) is 4.79 Å². The van der Waals surface area contributed by atoms with Gasteiger partial charge < -0.3 is 10.2 Å². The first-order valence-electron chi connectivity index (χ1n) is 6.89. The molecule has 19 heavy (non-hydrogen) atoms. The highest BCUT2D eigenvalue weighted by atomic mass is 35.5. The van der Waals surface area contributed by atoms with Crippen LogP contribution in [0, 0.1) is 0 Å². The van der Waals surface area contributed by atoms with Crippen molar-refractivity contribution in [2.24, 2.45) is 0 Å².